The Hall–Kier alpha value is -3.09. The van der Waals surface area contributed by atoms with Crippen LogP contribution >= 0.6 is 0 Å². The van der Waals surface area contributed by atoms with Crippen LogP contribution in [0.15, 0.2) is 48.9 Å². The van der Waals surface area contributed by atoms with Gasteiger partial charge in [-0.2, -0.15) is 0 Å². The maximum Gasteiger partial charge on any atom is 0.227 e. The number of hydrogen-bond donors (Lipinski definition) is 2. The van der Waals surface area contributed by atoms with Gasteiger partial charge in [0.2, 0.25) is 5.91 Å². The summed E-state index contributed by atoms with van der Waals surface area (Å²) in [5.74, 6) is 1.31. The Morgan fingerprint density at radius 1 is 1.10 bits per heavy atom. The molecule has 1 amide bonds. The van der Waals surface area contributed by atoms with E-state index in [1.54, 1.807) is 6.33 Å². The zero-order chi connectivity index (χ0) is 19.6. The van der Waals surface area contributed by atoms with Gasteiger partial charge in [0, 0.05) is 44.1 Å². The van der Waals surface area contributed by atoms with Crippen molar-refractivity contribution in [3.05, 3.63) is 48.9 Å². The van der Waals surface area contributed by atoms with Crippen molar-refractivity contribution in [3.63, 3.8) is 0 Å². The minimum atomic E-state index is 0.0565. The molecule has 3 aromatic rings. The molecule has 29 heavy (non-hydrogen) atoms. The first-order chi connectivity index (χ1) is 14.3. The second-order valence-corrected chi connectivity index (χ2v) is 7.94. The van der Waals surface area contributed by atoms with Crippen molar-refractivity contribution >= 4 is 28.4 Å². The van der Waals surface area contributed by atoms with Crippen LogP contribution in [-0.4, -0.2) is 58.0 Å². The SMILES string of the molecule is O=C1C(CNc2ccccc2)CCN1[C@@H]1CCCN(c2ncnc3[nH]ccc23)C1. The van der Waals surface area contributed by atoms with Crippen LogP contribution in [0.25, 0.3) is 11.0 Å². The highest BCUT2D eigenvalue weighted by atomic mass is 16.2. The molecule has 2 atom stereocenters. The molecule has 2 fully saturated rings. The lowest BCUT2D eigenvalue weighted by Gasteiger charge is -2.38. The van der Waals surface area contributed by atoms with Gasteiger partial charge in [-0.15, -0.1) is 0 Å². The second-order valence-electron chi connectivity index (χ2n) is 7.94. The Labute approximate surface area is 170 Å². The van der Waals surface area contributed by atoms with Crippen molar-refractivity contribution in [2.24, 2.45) is 5.92 Å². The summed E-state index contributed by atoms with van der Waals surface area (Å²) in [6.07, 6.45) is 6.56. The number of nitrogens with one attached hydrogen (secondary N) is 2. The first kappa shape index (κ1) is 18.0. The molecule has 2 aliphatic rings. The first-order valence-corrected chi connectivity index (χ1v) is 10.4. The van der Waals surface area contributed by atoms with E-state index in [-0.39, 0.29) is 17.9 Å². The average molecular weight is 390 g/mol. The molecule has 0 saturated carbocycles. The van der Waals surface area contributed by atoms with Gasteiger partial charge in [-0.05, 0) is 37.5 Å². The smallest absolute Gasteiger partial charge is 0.227 e. The fraction of sp³-hybridized carbons (Fsp3) is 0.409. The van der Waals surface area contributed by atoms with Crippen LogP contribution in [0.2, 0.25) is 0 Å². The number of benzene rings is 1. The van der Waals surface area contributed by atoms with Gasteiger partial charge in [0.15, 0.2) is 0 Å². The minimum absolute atomic E-state index is 0.0565. The number of para-hydroxylation sites is 1. The number of nitrogens with zero attached hydrogens (tertiary/aromatic N) is 4. The quantitative estimate of drug-likeness (QED) is 0.701. The molecule has 4 heterocycles. The number of rotatable bonds is 5. The molecule has 7 heteroatoms. The van der Waals surface area contributed by atoms with Gasteiger partial charge >= 0.3 is 0 Å². The fourth-order valence-electron chi connectivity index (χ4n) is 4.62. The zero-order valence-electron chi connectivity index (χ0n) is 16.4. The average Bonchev–Trinajstić information content (AvgIpc) is 3.39. The number of carbonyl (C=O) groups excluding carboxylic acids is 1. The van der Waals surface area contributed by atoms with E-state index in [1.807, 2.05) is 42.6 Å². The van der Waals surface area contributed by atoms with Crippen LogP contribution in [0.1, 0.15) is 19.3 Å². The molecule has 1 unspecified atom stereocenters. The van der Waals surface area contributed by atoms with Crippen molar-refractivity contribution in [3.8, 4) is 0 Å². The fourth-order valence-corrected chi connectivity index (χ4v) is 4.62. The van der Waals surface area contributed by atoms with E-state index in [1.165, 1.54) is 0 Å². The minimum Gasteiger partial charge on any atom is -0.384 e. The van der Waals surface area contributed by atoms with Crippen LogP contribution < -0.4 is 10.2 Å². The van der Waals surface area contributed by atoms with Crippen LogP contribution in [0.3, 0.4) is 0 Å². The van der Waals surface area contributed by atoms with Gasteiger partial charge < -0.3 is 20.1 Å². The van der Waals surface area contributed by atoms with Gasteiger partial charge in [-0.25, -0.2) is 9.97 Å². The first-order valence-electron chi connectivity index (χ1n) is 10.4. The van der Waals surface area contributed by atoms with Gasteiger partial charge in [0.25, 0.3) is 0 Å². The third-order valence-corrected chi connectivity index (χ3v) is 6.15. The van der Waals surface area contributed by atoms with Crippen molar-refractivity contribution in [2.75, 3.05) is 36.4 Å². The lowest BCUT2D eigenvalue weighted by molar-refractivity contribution is -0.132. The van der Waals surface area contributed by atoms with Crippen molar-refractivity contribution in [2.45, 2.75) is 25.3 Å². The molecular formula is C22H26N6O. The normalized spacial score (nSPS) is 22.4. The van der Waals surface area contributed by atoms with Crippen LogP contribution in [-0.2, 0) is 4.79 Å². The summed E-state index contributed by atoms with van der Waals surface area (Å²) in [5.41, 5.74) is 1.93. The van der Waals surface area contributed by atoms with E-state index in [0.717, 1.165) is 61.4 Å². The van der Waals surface area contributed by atoms with Gasteiger partial charge in [-0.3, -0.25) is 4.79 Å². The molecule has 1 aromatic carbocycles. The summed E-state index contributed by atoms with van der Waals surface area (Å²) in [4.78, 5) is 29.5. The molecule has 2 saturated heterocycles. The van der Waals surface area contributed by atoms with Gasteiger partial charge in [0.05, 0.1) is 11.3 Å². The summed E-state index contributed by atoms with van der Waals surface area (Å²) >= 11 is 0. The second kappa shape index (κ2) is 7.73. The Morgan fingerprint density at radius 2 is 2.00 bits per heavy atom. The van der Waals surface area contributed by atoms with Crippen molar-refractivity contribution in [1.29, 1.82) is 0 Å². The summed E-state index contributed by atoms with van der Waals surface area (Å²) in [6.45, 7) is 3.35. The molecule has 0 radical (unpaired) electrons. The molecular weight excluding hydrogens is 364 g/mol. The Balaban J connectivity index is 1.25. The van der Waals surface area contributed by atoms with Crippen LogP contribution in [0.5, 0.6) is 0 Å². The number of H-pyrrole nitrogens is 1. The summed E-state index contributed by atoms with van der Waals surface area (Å²) in [5, 5.41) is 4.46. The number of anilines is 2. The third-order valence-electron chi connectivity index (χ3n) is 6.15. The number of aromatic amines is 1. The highest BCUT2D eigenvalue weighted by Gasteiger charge is 2.37. The molecule has 0 spiro atoms. The molecule has 5 rings (SSSR count). The third kappa shape index (κ3) is 3.52. The predicted molar refractivity (Wildman–Crippen MR) is 114 cm³/mol. The van der Waals surface area contributed by atoms with Gasteiger partial charge in [0.1, 0.15) is 17.8 Å². The standard InChI is InChI=1S/C22H26N6O/c29-22-16(13-24-17-5-2-1-3-6-17)9-12-28(22)18-7-4-11-27(14-18)21-19-8-10-23-20(19)25-15-26-21/h1-3,5-6,8,10,15-16,18,24H,4,7,9,11-14H2,(H,23,25,26)/t16?,18-/m1/s1. The Bertz CT molecular complexity index is 987. The van der Waals surface area contributed by atoms with E-state index >= 15 is 0 Å². The van der Waals surface area contributed by atoms with Crippen LogP contribution in [0, 0.1) is 5.92 Å². The van der Waals surface area contributed by atoms with E-state index in [9.17, 15) is 4.79 Å². The number of aromatic nitrogens is 3. The predicted octanol–water partition coefficient (Wildman–Crippen LogP) is 2.89. The number of piperidine rings is 1. The Morgan fingerprint density at radius 3 is 2.90 bits per heavy atom. The largest absolute Gasteiger partial charge is 0.384 e. The zero-order valence-corrected chi connectivity index (χ0v) is 16.4. The summed E-state index contributed by atoms with van der Waals surface area (Å²) < 4.78 is 0. The number of likely N-dealkylation sites (tertiary alicyclic amines) is 1. The number of carbonyl (C=O) groups is 1. The molecule has 150 valence electrons. The number of hydrogen-bond acceptors (Lipinski definition) is 5. The van der Waals surface area contributed by atoms with E-state index in [2.05, 4.69) is 30.1 Å². The molecule has 2 N–H and O–H groups in total. The maximum absolute atomic E-state index is 13.1. The lowest BCUT2D eigenvalue weighted by atomic mass is 10.0. The van der Waals surface area contributed by atoms with E-state index in [4.69, 9.17) is 0 Å². The van der Waals surface area contributed by atoms with Gasteiger partial charge in [-0.1, -0.05) is 18.2 Å². The maximum atomic E-state index is 13.1. The number of amides is 1. The molecule has 7 nitrogen and oxygen atoms in total. The molecule has 2 aliphatic heterocycles. The highest BCUT2D eigenvalue weighted by molar-refractivity contribution is 5.87. The van der Waals surface area contributed by atoms with Crippen LogP contribution in [0.4, 0.5) is 11.5 Å². The summed E-state index contributed by atoms with van der Waals surface area (Å²) in [7, 11) is 0. The van der Waals surface area contributed by atoms with Crippen molar-refractivity contribution < 1.29 is 4.79 Å². The molecule has 0 bridgehead atoms. The lowest BCUT2D eigenvalue weighted by Crippen LogP contribution is -2.49. The van der Waals surface area contributed by atoms with Crippen molar-refractivity contribution in [1.82, 2.24) is 19.9 Å². The number of fused-ring (bicyclic) bond motifs is 1. The van der Waals surface area contributed by atoms with E-state index in [0.29, 0.717) is 6.54 Å². The van der Waals surface area contributed by atoms with E-state index < -0.39 is 0 Å². The molecule has 0 aliphatic carbocycles. The Kier molecular flexibility index (Phi) is 4.79. The topological polar surface area (TPSA) is 77.2 Å². The summed E-state index contributed by atoms with van der Waals surface area (Å²) in [6, 6.07) is 12.4. The monoisotopic (exact) mass is 390 g/mol. The molecule has 2 aromatic heterocycles. The highest BCUT2D eigenvalue weighted by Crippen LogP contribution is 2.29.